The van der Waals surface area contributed by atoms with Crippen molar-refractivity contribution in [2.24, 2.45) is 23.7 Å². The Morgan fingerprint density at radius 1 is 1.07 bits per heavy atom. The Hall–Kier alpha value is -2.37. The van der Waals surface area contributed by atoms with Crippen LogP contribution < -0.4 is 0 Å². The molecule has 0 unspecified atom stereocenters. The standard InChI is InChI=1S/C14H20O2.C8H10O4/c1-3-13(15)16-14(2)11-5-9-4-10(7-11)8-12(14)6-9;1-5(7(9)10)4-6(2)8(11)12-3/h3,9-12H,1,4-8H2,2H3;4H,2H2,1,3H3,(H,9,10). The van der Waals surface area contributed by atoms with Crippen molar-refractivity contribution < 1.29 is 29.0 Å². The zero-order valence-corrected chi connectivity index (χ0v) is 16.9. The number of carboxylic acids is 1. The maximum absolute atomic E-state index is 11.5. The van der Waals surface area contributed by atoms with E-state index in [-0.39, 0.29) is 22.7 Å². The van der Waals surface area contributed by atoms with Gasteiger partial charge in [-0.05, 0) is 75.7 Å². The minimum absolute atomic E-state index is 0.0254. The molecular weight excluding hydrogens is 360 g/mol. The van der Waals surface area contributed by atoms with Crippen LogP contribution in [0.1, 0.15) is 46.0 Å². The van der Waals surface area contributed by atoms with Crippen molar-refractivity contribution in [3.8, 4) is 0 Å². The smallest absolute Gasteiger partial charge is 0.337 e. The summed E-state index contributed by atoms with van der Waals surface area (Å²) in [4.78, 5) is 32.5. The summed E-state index contributed by atoms with van der Waals surface area (Å²) in [5.74, 6) is 1.09. The summed E-state index contributed by atoms with van der Waals surface area (Å²) in [5, 5.41) is 8.42. The van der Waals surface area contributed by atoms with E-state index in [2.05, 4.69) is 24.8 Å². The van der Waals surface area contributed by atoms with E-state index in [4.69, 9.17) is 9.84 Å². The summed E-state index contributed by atoms with van der Waals surface area (Å²) in [7, 11) is 1.21. The van der Waals surface area contributed by atoms with E-state index in [1.165, 1.54) is 52.2 Å². The number of carbonyl (C=O) groups is 3. The average molecular weight is 390 g/mol. The predicted molar refractivity (Wildman–Crippen MR) is 104 cm³/mol. The largest absolute Gasteiger partial charge is 0.478 e. The van der Waals surface area contributed by atoms with Gasteiger partial charge in [-0.15, -0.1) is 0 Å². The van der Waals surface area contributed by atoms with Crippen molar-refractivity contribution in [2.75, 3.05) is 7.11 Å². The summed E-state index contributed by atoms with van der Waals surface area (Å²) < 4.78 is 10.0. The maximum atomic E-state index is 11.5. The maximum Gasteiger partial charge on any atom is 0.337 e. The van der Waals surface area contributed by atoms with Crippen molar-refractivity contribution in [1.82, 2.24) is 0 Å². The minimum Gasteiger partial charge on any atom is -0.478 e. The second-order valence-electron chi connectivity index (χ2n) is 8.26. The van der Waals surface area contributed by atoms with E-state index in [1.807, 2.05) is 0 Å². The molecule has 0 heterocycles. The number of hydrogen-bond donors (Lipinski definition) is 1. The van der Waals surface area contributed by atoms with Gasteiger partial charge in [0.05, 0.1) is 12.7 Å². The zero-order valence-electron chi connectivity index (χ0n) is 16.9. The highest BCUT2D eigenvalue weighted by Crippen LogP contribution is 2.59. The summed E-state index contributed by atoms with van der Waals surface area (Å²) in [6, 6.07) is 0. The fourth-order valence-electron chi connectivity index (χ4n) is 5.06. The third-order valence-corrected chi connectivity index (χ3v) is 6.42. The third-order valence-electron chi connectivity index (χ3n) is 6.42. The summed E-state index contributed by atoms with van der Waals surface area (Å²) >= 11 is 0. The molecule has 28 heavy (non-hydrogen) atoms. The minimum atomic E-state index is -1.08. The SMILES string of the molecule is C=C(C=C(C)C(=O)O)C(=O)OC.C=CC(=O)OC1(C)C2CC3CC(C2)CC1C3. The molecule has 4 aliphatic carbocycles. The first-order chi connectivity index (χ1) is 13.1. The molecule has 4 bridgehead atoms. The van der Waals surface area contributed by atoms with Crippen LogP contribution in [0.4, 0.5) is 0 Å². The second-order valence-corrected chi connectivity index (χ2v) is 8.26. The van der Waals surface area contributed by atoms with Gasteiger partial charge in [0.25, 0.3) is 0 Å². The van der Waals surface area contributed by atoms with Crippen molar-refractivity contribution in [2.45, 2.75) is 51.6 Å². The van der Waals surface area contributed by atoms with Crippen LogP contribution in [-0.2, 0) is 23.9 Å². The van der Waals surface area contributed by atoms with Crippen LogP contribution in [0.5, 0.6) is 0 Å². The van der Waals surface area contributed by atoms with Crippen molar-refractivity contribution in [1.29, 1.82) is 0 Å². The molecule has 154 valence electrons. The van der Waals surface area contributed by atoms with E-state index in [0.29, 0.717) is 11.8 Å². The van der Waals surface area contributed by atoms with Crippen LogP contribution in [0.2, 0.25) is 0 Å². The Morgan fingerprint density at radius 2 is 1.57 bits per heavy atom. The molecular formula is C22H30O6. The van der Waals surface area contributed by atoms with Crippen molar-refractivity contribution in [3.63, 3.8) is 0 Å². The lowest BCUT2D eigenvalue weighted by atomic mass is 9.50. The molecule has 0 spiro atoms. The van der Waals surface area contributed by atoms with Crippen molar-refractivity contribution >= 4 is 17.9 Å². The third kappa shape index (κ3) is 4.72. The van der Waals surface area contributed by atoms with Crippen LogP contribution in [0.3, 0.4) is 0 Å². The molecule has 1 N–H and O–H groups in total. The Morgan fingerprint density at radius 3 is 1.96 bits per heavy atom. The topological polar surface area (TPSA) is 89.9 Å². The Labute approximate surface area is 166 Å². The molecule has 4 saturated carbocycles. The van der Waals surface area contributed by atoms with Crippen LogP contribution in [0.15, 0.2) is 36.5 Å². The van der Waals surface area contributed by atoms with Crippen LogP contribution in [0.25, 0.3) is 0 Å². The molecule has 0 aliphatic heterocycles. The Balaban J connectivity index is 0.000000211. The fraction of sp³-hybridized carbons (Fsp3) is 0.591. The van der Waals surface area contributed by atoms with Gasteiger partial charge in [-0.25, -0.2) is 14.4 Å². The number of esters is 2. The predicted octanol–water partition coefficient (Wildman–Crippen LogP) is 3.68. The number of ether oxygens (including phenoxy) is 2. The quantitative estimate of drug-likeness (QED) is 0.438. The highest BCUT2D eigenvalue weighted by atomic mass is 16.6. The molecule has 4 fully saturated rings. The first-order valence-corrected chi connectivity index (χ1v) is 9.64. The van der Waals surface area contributed by atoms with Gasteiger partial charge >= 0.3 is 17.9 Å². The summed E-state index contributed by atoms with van der Waals surface area (Å²) in [6.45, 7) is 10.4. The Kier molecular flexibility index (Phi) is 6.86. The van der Waals surface area contributed by atoms with Gasteiger partial charge in [-0.3, -0.25) is 0 Å². The molecule has 4 rings (SSSR count). The highest BCUT2D eigenvalue weighted by Gasteiger charge is 2.56. The van der Waals surface area contributed by atoms with E-state index >= 15 is 0 Å². The number of carboxylic acid groups (broad SMARTS) is 1. The fourth-order valence-corrected chi connectivity index (χ4v) is 5.06. The van der Waals surface area contributed by atoms with Crippen LogP contribution in [-0.4, -0.2) is 35.7 Å². The van der Waals surface area contributed by atoms with E-state index in [9.17, 15) is 14.4 Å². The molecule has 0 amide bonds. The monoisotopic (exact) mass is 390 g/mol. The Bertz CT molecular complexity index is 674. The number of carbonyl (C=O) groups excluding carboxylic acids is 2. The van der Waals surface area contributed by atoms with E-state index in [1.54, 1.807) is 0 Å². The van der Waals surface area contributed by atoms with Gasteiger partial charge in [0.1, 0.15) is 5.60 Å². The first kappa shape index (κ1) is 21.9. The molecule has 6 heteroatoms. The van der Waals surface area contributed by atoms with Crippen LogP contribution in [0, 0.1) is 23.7 Å². The van der Waals surface area contributed by atoms with Gasteiger partial charge in [-0.2, -0.15) is 0 Å². The van der Waals surface area contributed by atoms with E-state index < -0.39 is 11.9 Å². The van der Waals surface area contributed by atoms with Crippen molar-refractivity contribution in [3.05, 3.63) is 36.5 Å². The summed E-state index contributed by atoms with van der Waals surface area (Å²) in [6.07, 6.45) is 8.98. The number of aliphatic carboxylic acids is 1. The van der Waals surface area contributed by atoms with Crippen LogP contribution >= 0.6 is 0 Å². The van der Waals surface area contributed by atoms with Gasteiger partial charge < -0.3 is 14.6 Å². The molecule has 0 aromatic rings. The molecule has 0 saturated heterocycles. The van der Waals surface area contributed by atoms with Gasteiger partial charge in [0.2, 0.25) is 0 Å². The highest BCUT2D eigenvalue weighted by molar-refractivity contribution is 5.94. The average Bonchev–Trinajstić information content (AvgIpc) is 2.65. The molecule has 0 atom stereocenters. The number of rotatable bonds is 5. The second kappa shape index (κ2) is 8.76. The van der Waals surface area contributed by atoms with E-state index in [0.717, 1.165) is 17.9 Å². The zero-order chi connectivity index (χ0) is 21.1. The lowest BCUT2D eigenvalue weighted by Crippen LogP contribution is -2.57. The molecule has 0 aromatic heterocycles. The lowest BCUT2D eigenvalue weighted by molar-refractivity contribution is -0.198. The molecule has 0 radical (unpaired) electrons. The molecule has 6 nitrogen and oxygen atoms in total. The molecule has 0 aromatic carbocycles. The normalized spacial score (nSPS) is 32.6. The first-order valence-electron chi connectivity index (χ1n) is 9.64. The molecule has 4 aliphatic rings. The van der Waals surface area contributed by atoms with Gasteiger partial charge in [0, 0.05) is 11.6 Å². The number of hydrogen-bond acceptors (Lipinski definition) is 5. The number of methoxy groups -OCH3 is 1. The summed E-state index contributed by atoms with van der Waals surface area (Å²) in [5.41, 5.74) is -0.124. The van der Waals surface area contributed by atoms with Gasteiger partial charge in [0.15, 0.2) is 0 Å². The van der Waals surface area contributed by atoms with Gasteiger partial charge in [-0.1, -0.05) is 13.2 Å². The lowest BCUT2D eigenvalue weighted by Gasteiger charge is -2.58.